The van der Waals surface area contributed by atoms with Gasteiger partial charge < -0.3 is 14.5 Å². The summed E-state index contributed by atoms with van der Waals surface area (Å²) >= 11 is 0. The molecule has 1 aliphatic heterocycles. The summed E-state index contributed by atoms with van der Waals surface area (Å²) in [5.74, 6) is -0.126. The van der Waals surface area contributed by atoms with Crippen LogP contribution >= 0.6 is 0 Å². The minimum absolute atomic E-state index is 0.0467. The summed E-state index contributed by atoms with van der Waals surface area (Å²) in [7, 11) is 0. The number of amides is 2. The molecule has 0 saturated carbocycles. The number of ether oxygens (including phenoxy) is 1. The molecule has 1 heterocycles. The minimum atomic E-state index is -0.106. The van der Waals surface area contributed by atoms with E-state index in [1.54, 1.807) is 6.92 Å². The molecule has 0 aromatic heterocycles. The third kappa shape index (κ3) is 4.92. The first-order chi connectivity index (χ1) is 12.1. The van der Waals surface area contributed by atoms with Crippen molar-refractivity contribution in [1.29, 1.82) is 0 Å². The summed E-state index contributed by atoms with van der Waals surface area (Å²) in [4.78, 5) is 28.5. The average molecular weight is 344 g/mol. The summed E-state index contributed by atoms with van der Waals surface area (Å²) in [5, 5.41) is 0. The van der Waals surface area contributed by atoms with Gasteiger partial charge in [0.1, 0.15) is 6.54 Å². The highest BCUT2D eigenvalue weighted by Gasteiger charge is 2.31. The Hall–Kier alpha value is -2.14. The Morgan fingerprint density at radius 2 is 2.12 bits per heavy atom. The van der Waals surface area contributed by atoms with Gasteiger partial charge >= 0.3 is 0 Å². The Bertz CT molecular complexity index is 588. The molecule has 0 N–H and O–H groups in total. The molecular weight excluding hydrogens is 316 g/mol. The summed E-state index contributed by atoms with van der Waals surface area (Å²) in [6.45, 7) is 9.27. The quantitative estimate of drug-likeness (QED) is 0.744. The number of hydrogen-bond donors (Lipinski definition) is 0. The van der Waals surface area contributed by atoms with Gasteiger partial charge in [-0.3, -0.25) is 9.59 Å². The molecule has 5 nitrogen and oxygen atoms in total. The lowest BCUT2D eigenvalue weighted by molar-refractivity contribution is -0.143. The number of morpholine rings is 1. The maximum Gasteiger partial charge on any atom is 0.243 e. The van der Waals surface area contributed by atoms with E-state index in [0.29, 0.717) is 38.3 Å². The van der Waals surface area contributed by atoms with Crippen molar-refractivity contribution in [3.05, 3.63) is 48.2 Å². The van der Waals surface area contributed by atoms with E-state index in [9.17, 15) is 9.59 Å². The molecule has 1 aliphatic carbocycles. The van der Waals surface area contributed by atoms with Crippen LogP contribution in [0.3, 0.4) is 0 Å². The molecule has 0 aromatic rings. The third-order valence-corrected chi connectivity index (χ3v) is 4.55. The van der Waals surface area contributed by atoms with Gasteiger partial charge in [-0.15, -0.1) is 0 Å². The zero-order valence-electron chi connectivity index (χ0n) is 15.2. The first kappa shape index (κ1) is 19.2. The minimum Gasteiger partial charge on any atom is -0.377 e. The van der Waals surface area contributed by atoms with Crippen LogP contribution in [-0.4, -0.2) is 54.0 Å². The Morgan fingerprint density at radius 3 is 2.84 bits per heavy atom. The Morgan fingerprint density at radius 1 is 1.32 bits per heavy atom. The molecule has 1 saturated heterocycles. The second-order valence-corrected chi connectivity index (χ2v) is 6.16. The summed E-state index contributed by atoms with van der Waals surface area (Å²) < 4.78 is 5.61. The van der Waals surface area contributed by atoms with E-state index in [0.717, 1.165) is 12.0 Å². The van der Waals surface area contributed by atoms with E-state index in [-0.39, 0.29) is 24.4 Å². The van der Waals surface area contributed by atoms with Crippen molar-refractivity contribution < 1.29 is 14.3 Å². The second-order valence-electron chi connectivity index (χ2n) is 6.16. The molecule has 0 aromatic carbocycles. The highest BCUT2D eigenvalue weighted by molar-refractivity contribution is 5.86. The topological polar surface area (TPSA) is 49.9 Å². The summed E-state index contributed by atoms with van der Waals surface area (Å²) in [6, 6.07) is -0.106. The van der Waals surface area contributed by atoms with Gasteiger partial charge in [0.05, 0.1) is 19.3 Å². The van der Waals surface area contributed by atoms with E-state index in [4.69, 9.17) is 4.74 Å². The number of allylic oxidation sites excluding steroid dienone is 5. The molecule has 1 unspecified atom stereocenters. The molecule has 1 atom stereocenters. The maximum absolute atomic E-state index is 13.0. The lowest BCUT2D eigenvalue weighted by Gasteiger charge is -2.38. The Balaban J connectivity index is 2.15. The maximum atomic E-state index is 13.0. The van der Waals surface area contributed by atoms with E-state index >= 15 is 0 Å². The molecule has 0 bridgehead atoms. The van der Waals surface area contributed by atoms with Crippen LogP contribution in [0.1, 0.15) is 33.1 Å². The van der Waals surface area contributed by atoms with Crippen molar-refractivity contribution in [1.82, 2.24) is 9.80 Å². The van der Waals surface area contributed by atoms with E-state index < -0.39 is 0 Å². The molecule has 2 rings (SSSR count). The van der Waals surface area contributed by atoms with Crippen LogP contribution in [0.2, 0.25) is 0 Å². The van der Waals surface area contributed by atoms with Crippen LogP contribution < -0.4 is 0 Å². The van der Waals surface area contributed by atoms with Crippen LogP contribution in [0.25, 0.3) is 0 Å². The van der Waals surface area contributed by atoms with Crippen molar-refractivity contribution in [3.8, 4) is 0 Å². The van der Waals surface area contributed by atoms with Crippen molar-refractivity contribution >= 4 is 11.8 Å². The van der Waals surface area contributed by atoms with Crippen molar-refractivity contribution in [2.75, 3.05) is 26.3 Å². The predicted molar refractivity (Wildman–Crippen MR) is 98.7 cm³/mol. The normalized spacial score (nSPS) is 20.0. The van der Waals surface area contributed by atoms with Gasteiger partial charge in [-0.2, -0.15) is 0 Å². The molecule has 1 fully saturated rings. The molecule has 136 valence electrons. The largest absolute Gasteiger partial charge is 0.377 e. The van der Waals surface area contributed by atoms with E-state index in [2.05, 4.69) is 18.7 Å². The van der Waals surface area contributed by atoms with Crippen LogP contribution in [-0.2, 0) is 14.3 Å². The molecule has 0 radical (unpaired) electrons. The van der Waals surface area contributed by atoms with Gasteiger partial charge in [0.2, 0.25) is 11.8 Å². The average Bonchev–Trinajstić information content (AvgIpc) is 2.94. The van der Waals surface area contributed by atoms with Gasteiger partial charge in [0, 0.05) is 18.7 Å². The first-order valence-electron chi connectivity index (χ1n) is 8.97. The van der Waals surface area contributed by atoms with Crippen molar-refractivity contribution in [2.45, 2.75) is 39.2 Å². The summed E-state index contributed by atoms with van der Waals surface area (Å²) in [5.41, 5.74) is 1.77. The molecule has 2 aliphatic rings. The fourth-order valence-electron chi connectivity index (χ4n) is 3.01. The fraction of sp³-hybridized carbons (Fsp3) is 0.500. The number of carbonyl (C=O) groups is 2. The molecule has 5 heteroatoms. The highest BCUT2D eigenvalue weighted by Crippen LogP contribution is 2.20. The monoisotopic (exact) mass is 344 g/mol. The number of carbonyl (C=O) groups excluding carboxylic acids is 2. The zero-order chi connectivity index (χ0) is 18.2. The fourth-order valence-corrected chi connectivity index (χ4v) is 3.01. The van der Waals surface area contributed by atoms with Crippen LogP contribution in [0.5, 0.6) is 0 Å². The van der Waals surface area contributed by atoms with Gasteiger partial charge in [0.15, 0.2) is 0 Å². The second kappa shape index (κ2) is 9.37. The van der Waals surface area contributed by atoms with Gasteiger partial charge in [-0.1, -0.05) is 50.8 Å². The Labute approximate surface area is 150 Å². The highest BCUT2D eigenvalue weighted by atomic mass is 16.5. The molecule has 0 spiro atoms. The molecule has 25 heavy (non-hydrogen) atoms. The van der Waals surface area contributed by atoms with Gasteiger partial charge in [0.25, 0.3) is 0 Å². The molecular formula is C20H28N2O3. The van der Waals surface area contributed by atoms with Crippen LogP contribution in [0, 0.1) is 0 Å². The zero-order valence-corrected chi connectivity index (χ0v) is 15.2. The SMILES string of the molecule is C=C(CC)N(CC(=O)N1CCOCC1C1=CCC=CC=C1)C(=O)CC. The van der Waals surface area contributed by atoms with Crippen molar-refractivity contribution in [3.63, 3.8) is 0 Å². The van der Waals surface area contributed by atoms with Crippen LogP contribution in [0.15, 0.2) is 48.2 Å². The molecule has 2 amide bonds. The first-order valence-corrected chi connectivity index (χ1v) is 8.97. The number of nitrogens with zero attached hydrogens (tertiary/aromatic N) is 2. The van der Waals surface area contributed by atoms with Gasteiger partial charge in [-0.05, 0) is 18.4 Å². The standard InChI is InChI=1S/C20H28N2O3/c1-4-16(3)22(19(23)5-2)14-20(24)21-12-13-25-15-18(21)17-10-8-6-7-9-11-17/h6-8,10-11,18H,3-5,9,12-15H2,1-2H3. The lowest BCUT2D eigenvalue weighted by atomic mass is 10.0. The third-order valence-electron chi connectivity index (χ3n) is 4.55. The Kier molecular flexibility index (Phi) is 7.19. The lowest BCUT2D eigenvalue weighted by Crippen LogP contribution is -2.52. The number of hydrogen-bond acceptors (Lipinski definition) is 3. The van der Waals surface area contributed by atoms with Crippen LogP contribution in [0.4, 0.5) is 0 Å². The smallest absolute Gasteiger partial charge is 0.243 e. The van der Waals surface area contributed by atoms with E-state index in [1.807, 2.05) is 30.1 Å². The summed E-state index contributed by atoms with van der Waals surface area (Å²) in [6.07, 6.45) is 12.1. The number of rotatable bonds is 6. The predicted octanol–water partition coefficient (Wildman–Crippen LogP) is 2.82. The van der Waals surface area contributed by atoms with Crippen molar-refractivity contribution in [2.24, 2.45) is 0 Å². The van der Waals surface area contributed by atoms with E-state index in [1.165, 1.54) is 4.90 Å². The van der Waals surface area contributed by atoms with Gasteiger partial charge in [-0.25, -0.2) is 0 Å².